The van der Waals surface area contributed by atoms with E-state index in [0.29, 0.717) is 11.8 Å². The van der Waals surface area contributed by atoms with E-state index < -0.39 is 0 Å². The lowest BCUT2D eigenvalue weighted by Crippen LogP contribution is -2.03. The molecule has 0 aliphatic heterocycles. The van der Waals surface area contributed by atoms with Gasteiger partial charge in [0.05, 0.1) is 5.69 Å². The van der Waals surface area contributed by atoms with Crippen LogP contribution >= 0.6 is 0 Å². The number of aryl methyl sites for hydroxylation is 1. The molecule has 0 radical (unpaired) electrons. The molecule has 2 aromatic rings. The zero-order valence-electron chi connectivity index (χ0n) is 13.9. The molecule has 0 fully saturated rings. The average molecular weight is 292 g/mol. The van der Waals surface area contributed by atoms with Crippen molar-refractivity contribution in [2.45, 2.75) is 46.5 Å². The maximum Gasteiger partial charge on any atom is 0.0658 e. The Balaban J connectivity index is 2.06. The fourth-order valence-corrected chi connectivity index (χ4v) is 3.54. The fourth-order valence-electron chi connectivity index (χ4n) is 3.54. The Labute approximate surface area is 133 Å². The highest BCUT2D eigenvalue weighted by Gasteiger charge is 2.27. The third-order valence-electron chi connectivity index (χ3n) is 4.45. The predicted molar refractivity (Wildman–Crippen MR) is 91.7 cm³/mol. The van der Waals surface area contributed by atoms with Crippen LogP contribution in [0, 0.1) is 12.8 Å². The summed E-state index contributed by atoms with van der Waals surface area (Å²) in [6.07, 6.45) is 7.69. The lowest BCUT2D eigenvalue weighted by molar-refractivity contribution is 0.635. The second-order valence-electron chi connectivity index (χ2n) is 6.80. The summed E-state index contributed by atoms with van der Waals surface area (Å²) in [5.41, 5.74) is 8.35. The molecule has 0 saturated heterocycles. The van der Waals surface area contributed by atoms with Gasteiger partial charge in [-0.15, -0.1) is 0 Å². The molecule has 2 nitrogen and oxygen atoms in total. The minimum Gasteiger partial charge on any atom is -0.261 e. The van der Waals surface area contributed by atoms with Gasteiger partial charge in [-0.1, -0.05) is 50.1 Å². The number of benzene rings is 1. The van der Waals surface area contributed by atoms with Gasteiger partial charge in [-0.3, -0.25) is 9.97 Å². The lowest BCUT2D eigenvalue weighted by atomic mass is 9.88. The topological polar surface area (TPSA) is 25.8 Å². The highest BCUT2D eigenvalue weighted by Crippen LogP contribution is 2.43. The summed E-state index contributed by atoms with van der Waals surface area (Å²) in [4.78, 5) is 8.78. The maximum absolute atomic E-state index is 4.53. The molecular weight excluding hydrogens is 268 g/mol. The minimum atomic E-state index is 0.298. The predicted octanol–water partition coefficient (Wildman–Crippen LogP) is 4.94. The highest BCUT2D eigenvalue weighted by molar-refractivity contribution is 5.80. The molecule has 22 heavy (non-hydrogen) atoms. The molecule has 1 aromatic carbocycles. The first-order chi connectivity index (χ1) is 10.6. The quantitative estimate of drug-likeness (QED) is 0.797. The van der Waals surface area contributed by atoms with Crippen molar-refractivity contribution in [1.29, 1.82) is 0 Å². The second kappa shape index (κ2) is 6.04. The van der Waals surface area contributed by atoms with Gasteiger partial charge in [-0.25, -0.2) is 0 Å². The van der Waals surface area contributed by atoms with Crippen molar-refractivity contribution in [2.75, 3.05) is 0 Å². The van der Waals surface area contributed by atoms with Crippen LogP contribution < -0.4 is 0 Å². The van der Waals surface area contributed by atoms with E-state index in [1.165, 1.54) is 22.3 Å². The highest BCUT2D eigenvalue weighted by atomic mass is 14.8. The van der Waals surface area contributed by atoms with Crippen molar-refractivity contribution in [1.82, 2.24) is 9.97 Å². The lowest BCUT2D eigenvalue weighted by Gasteiger charge is -2.17. The van der Waals surface area contributed by atoms with Gasteiger partial charge in [0.25, 0.3) is 0 Å². The van der Waals surface area contributed by atoms with Gasteiger partial charge in [0.15, 0.2) is 0 Å². The molecule has 0 N–H and O–H groups in total. The number of hydrogen-bond donors (Lipinski definition) is 0. The molecule has 1 unspecified atom stereocenters. The summed E-state index contributed by atoms with van der Waals surface area (Å²) >= 11 is 0. The molecular formula is C20H24N2. The Bertz CT molecular complexity index is 699. The molecule has 1 aromatic heterocycles. The summed E-state index contributed by atoms with van der Waals surface area (Å²) in [6, 6.07) is 6.85. The smallest absolute Gasteiger partial charge is 0.0658 e. The molecule has 1 heterocycles. The Morgan fingerprint density at radius 2 is 1.95 bits per heavy atom. The van der Waals surface area contributed by atoms with E-state index in [4.69, 9.17) is 0 Å². The molecule has 0 amide bonds. The van der Waals surface area contributed by atoms with Crippen molar-refractivity contribution in [3.8, 4) is 0 Å². The minimum absolute atomic E-state index is 0.298. The van der Waals surface area contributed by atoms with Crippen LogP contribution in [0.1, 0.15) is 55.5 Å². The zero-order chi connectivity index (χ0) is 15.7. The van der Waals surface area contributed by atoms with Crippen LogP contribution in [0.25, 0.3) is 5.57 Å². The van der Waals surface area contributed by atoms with Crippen LogP contribution in [0.5, 0.6) is 0 Å². The Kier molecular flexibility index (Phi) is 4.10. The van der Waals surface area contributed by atoms with Crippen LogP contribution in [-0.2, 0) is 6.42 Å². The molecule has 0 spiro atoms. The Hall–Kier alpha value is -1.96. The largest absolute Gasteiger partial charge is 0.261 e. The van der Waals surface area contributed by atoms with E-state index in [9.17, 15) is 0 Å². The van der Waals surface area contributed by atoms with Gasteiger partial charge >= 0.3 is 0 Å². The van der Waals surface area contributed by atoms with Crippen LogP contribution in [0.4, 0.5) is 0 Å². The van der Waals surface area contributed by atoms with E-state index in [0.717, 1.165) is 18.5 Å². The third-order valence-corrected chi connectivity index (χ3v) is 4.45. The van der Waals surface area contributed by atoms with Crippen molar-refractivity contribution in [3.05, 3.63) is 64.7 Å². The summed E-state index contributed by atoms with van der Waals surface area (Å²) in [5.74, 6) is 0.973. The van der Waals surface area contributed by atoms with E-state index in [1.807, 2.05) is 6.20 Å². The molecule has 114 valence electrons. The monoisotopic (exact) mass is 292 g/mol. The van der Waals surface area contributed by atoms with Gasteiger partial charge in [0.1, 0.15) is 0 Å². The molecule has 3 rings (SSSR count). The van der Waals surface area contributed by atoms with Crippen molar-refractivity contribution in [2.24, 2.45) is 5.92 Å². The molecule has 1 atom stereocenters. The van der Waals surface area contributed by atoms with Gasteiger partial charge in [0.2, 0.25) is 0 Å². The van der Waals surface area contributed by atoms with Crippen LogP contribution in [0.3, 0.4) is 0 Å². The van der Waals surface area contributed by atoms with Crippen molar-refractivity contribution < 1.29 is 0 Å². The number of allylic oxidation sites excluding steroid dienone is 2. The van der Waals surface area contributed by atoms with E-state index >= 15 is 0 Å². The zero-order valence-corrected chi connectivity index (χ0v) is 13.9. The van der Waals surface area contributed by atoms with Gasteiger partial charge in [-0.2, -0.15) is 0 Å². The molecule has 0 saturated carbocycles. The summed E-state index contributed by atoms with van der Waals surface area (Å²) in [7, 11) is 0. The maximum atomic E-state index is 4.53. The number of aromatic nitrogens is 2. The number of fused-ring (bicyclic) bond motifs is 1. The number of rotatable bonds is 4. The normalized spacial score (nSPS) is 15.3. The fraction of sp³-hybridized carbons (Fsp3) is 0.400. The van der Waals surface area contributed by atoms with E-state index in [-0.39, 0.29) is 0 Å². The van der Waals surface area contributed by atoms with E-state index in [1.54, 1.807) is 18.0 Å². The van der Waals surface area contributed by atoms with Crippen molar-refractivity contribution >= 4 is 5.57 Å². The third kappa shape index (κ3) is 2.83. The molecule has 0 bridgehead atoms. The van der Waals surface area contributed by atoms with Gasteiger partial charge in [-0.05, 0) is 42.4 Å². The first kappa shape index (κ1) is 15.0. The van der Waals surface area contributed by atoms with Gasteiger partial charge in [0, 0.05) is 24.5 Å². The second-order valence-corrected chi connectivity index (χ2v) is 6.80. The standard InChI is InChI=1S/C20H24N2/c1-13(2)9-17-11-16-10-14(3)5-6-18(16)20(17)15(4)19-12-21-7-8-22-19/h5-8,10,12-13,15H,9,11H2,1-4H3. The first-order valence-corrected chi connectivity index (χ1v) is 8.14. The molecule has 2 heteroatoms. The van der Waals surface area contributed by atoms with Crippen LogP contribution in [0.2, 0.25) is 0 Å². The Morgan fingerprint density at radius 1 is 1.14 bits per heavy atom. The summed E-state index contributed by atoms with van der Waals surface area (Å²) in [6.45, 7) is 9.03. The van der Waals surface area contributed by atoms with Crippen LogP contribution in [-0.4, -0.2) is 9.97 Å². The SMILES string of the molecule is Cc1ccc2c(c1)CC(CC(C)C)=C2C(C)c1cnccn1. The Morgan fingerprint density at radius 3 is 2.64 bits per heavy atom. The molecule has 1 aliphatic rings. The van der Waals surface area contributed by atoms with Crippen LogP contribution in [0.15, 0.2) is 42.4 Å². The number of hydrogen-bond acceptors (Lipinski definition) is 2. The van der Waals surface area contributed by atoms with Crippen molar-refractivity contribution in [3.63, 3.8) is 0 Å². The van der Waals surface area contributed by atoms with E-state index in [2.05, 4.69) is 55.9 Å². The summed E-state index contributed by atoms with van der Waals surface area (Å²) < 4.78 is 0. The average Bonchev–Trinajstić information content (AvgIpc) is 2.83. The first-order valence-electron chi connectivity index (χ1n) is 8.14. The number of nitrogens with zero attached hydrogens (tertiary/aromatic N) is 2. The molecule has 1 aliphatic carbocycles. The van der Waals surface area contributed by atoms with Gasteiger partial charge < -0.3 is 0 Å². The summed E-state index contributed by atoms with van der Waals surface area (Å²) in [5, 5.41) is 0.